The summed E-state index contributed by atoms with van der Waals surface area (Å²) >= 11 is 0. The molecule has 0 bridgehead atoms. The Kier molecular flexibility index (Phi) is 4.59. The summed E-state index contributed by atoms with van der Waals surface area (Å²) in [4.78, 5) is 19.5. The quantitative estimate of drug-likeness (QED) is 0.901. The van der Waals surface area contributed by atoms with Crippen molar-refractivity contribution >= 4 is 22.9 Å². The lowest BCUT2D eigenvalue weighted by Crippen LogP contribution is -2.50. The molecule has 1 aliphatic heterocycles. The van der Waals surface area contributed by atoms with Crippen LogP contribution in [-0.4, -0.2) is 59.8 Å². The Labute approximate surface area is 143 Å². The van der Waals surface area contributed by atoms with Crippen LogP contribution in [-0.2, 0) is 11.3 Å². The van der Waals surface area contributed by atoms with Crippen molar-refractivity contribution in [3.8, 4) is 0 Å². The highest BCUT2D eigenvalue weighted by Crippen LogP contribution is 2.28. The number of imidazole rings is 1. The molecule has 1 fully saturated rings. The summed E-state index contributed by atoms with van der Waals surface area (Å²) in [6.45, 7) is 0.357. The van der Waals surface area contributed by atoms with E-state index in [9.17, 15) is 18.0 Å². The summed E-state index contributed by atoms with van der Waals surface area (Å²) in [5.74, 6) is -1.53. The molecular weight excluding hydrogens is 335 g/mol. The molecule has 1 aliphatic rings. The molecule has 0 spiro atoms. The minimum absolute atomic E-state index is 0.0440. The molecule has 1 aromatic heterocycles. The second-order valence-electron chi connectivity index (χ2n) is 6.46. The Hall–Kier alpha value is -2.29. The SMILES string of the molecule is CN(C)C(=O)Cn1c(N2CC[C@@H](F)[C@H](N)C2)nc2cc(F)cc(F)c21. The van der Waals surface area contributed by atoms with Crippen LogP contribution in [0.5, 0.6) is 0 Å². The molecule has 136 valence electrons. The maximum Gasteiger partial charge on any atom is 0.242 e. The lowest BCUT2D eigenvalue weighted by atomic mass is 10.1. The van der Waals surface area contributed by atoms with E-state index in [0.717, 1.165) is 12.1 Å². The molecule has 0 saturated carbocycles. The number of nitrogens with two attached hydrogens (primary N) is 1. The smallest absolute Gasteiger partial charge is 0.242 e. The Morgan fingerprint density at radius 1 is 1.40 bits per heavy atom. The van der Waals surface area contributed by atoms with Gasteiger partial charge in [-0.05, 0) is 6.42 Å². The van der Waals surface area contributed by atoms with Crippen LogP contribution in [0.15, 0.2) is 12.1 Å². The normalized spacial score (nSPS) is 21.0. The first-order chi connectivity index (χ1) is 11.8. The molecule has 6 nitrogen and oxygen atoms in total. The monoisotopic (exact) mass is 355 g/mol. The molecule has 25 heavy (non-hydrogen) atoms. The molecule has 2 aromatic rings. The van der Waals surface area contributed by atoms with Crippen LogP contribution in [0.2, 0.25) is 0 Å². The number of amides is 1. The largest absolute Gasteiger partial charge is 0.347 e. The van der Waals surface area contributed by atoms with Gasteiger partial charge in [-0.25, -0.2) is 18.2 Å². The van der Waals surface area contributed by atoms with Gasteiger partial charge in [0.25, 0.3) is 0 Å². The molecule has 3 rings (SSSR count). The zero-order chi connectivity index (χ0) is 18.3. The van der Waals surface area contributed by atoms with E-state index in [0.29, 0.717) is 6.54 Å². The number of piperidine rings is 1. The van der Waals surface area contributed by atoms with E-state index in [1.54, 1.807) is 19.0 Å². The molecule has 1 aromatic carbocycles. The molecule has 2 heterocycles. The van der Waals surface area contributed by atoms with Gasteiger partial charge < -0.3 is 15.5 Å². The molecule has 0 unspecified atom stereocenters. The summed E-state index contributed by atoms with van der Waals surface area (Å²) in [5, 5.41) is 0. The number of alkyl halides is 1. The van der Waals surface area contributed by atoms with E-state index >= 15 is 0 Å². The Bertz CT molecular complexity index is 807. The highest BCUT2D eigenvalue weighted by Gasteiger charge is 2.30. The van der Waals surface area contributed by atoms with E-state index in [1.165, 1.54) is 9.47 Å². The van der Waals surface area contributed by atoms with E-state index in [2.05, 4.69) is 4.98 Å². The van der Waals surface area contributed by atoms with Gasteiger partial charge in [0.1, 0.15) is 24.1 Å². The first-order valence-corrected chi connectivity index (χ1v) is 7.98. The van der Waals surface area contributed by atoms with Gasteiger partial charge in [0, 0.05) is 39.3 Å². The van der Waals surface area contributed by atoms with Crippen molar-refractivity contribution in [1.82, 2.24) is 14.5 Å². The van der Waals surface area contributed by atoms with Gasteiger partial charge in [-0.15, -0.1) is 0 Å². The standard InChI is InChI=1S/C16H20F3N5O/c1-22(2)14(25)8-24-15-11(19)5-9(17)6-13(15)21-16(24)23-4-3-10(18)12(20)7-23/h5-6,10,12H,3-4,7-8,20H2,1-2H3/t10-,12-/m1/s1. The molecule has 2 N–H and O–H groups in total. The minimum atomic E-state index is -1.12. The first-order valence-electron chi connectivity index (χ1n) is 7.98. The fourth-order valence-corrected chi connectivity index (χ4v) is 2.98. The number of benzene rings is 1. The number of fused-ring (bicyclic) bond motifs is 1. The van der Waals surface area contributed by atoms with E-state index in [4.69, 9.17) is 5.73 Å². The maximum atomic E-state index is 14.3. The molecule has 1 amide bonds. The van der Waals surface area contributed by atoms with Crippen molar-refractivity contribution in [2.45, 2.75) is 25.2 Å². The fourth-order valence-electron chi connectivity index (χ4n) is 2.98. The number of rotatable bonds is 3. The summed E-state index contributed by atoms with van der Waals surface area (Å²) < 4.78 is 42.9. The van der Waals surface area contributed by atoms with Crippen molar-refractivity contribution < 1.29 is 18.0 Å². The highest BCUT2D eigenvalue weighted by atomic mass is 19.1. The Morgan fingerprint density at radius 2 is 2.12 bits per heavy atom. The summed E-state index contributed by atoms with van der Waals surface area (Å²) in [5.41, 5.74) is 5.94. The van der Waals surface area contributed by atoms with Gasteiger partial charge in [-0.2, -0.15) is 0 Å². The van der Waals surface area contributed by atoms with E-state index in [1.807, 2.05) is 0 Å². The number of carbonyl (C=O) groups excluding carboxylic acids is 1. The van der Waals surface area contributed by atoms with Gasteiger partial charge in [-0.1, -0.05) is 0 Å². The molecule has 0 aliphatic carbocycles. The average molecular weight is 355 g/mol. The zero-order valence-corrected chi connectivity index (χ0v) is 14.0. The van der Waals surface area contributed by atoms with Crippen molar-refractivity contribution in [1.29, 1.82) is 0 Å². The van der Waals surface area contributed by atoms with Crippen molar-refractivity contribution in [2.75, 3.05) is 32.1 Å². The number of hydrogen-bond acceptors (Lipinski definition) is 4. The van der Waals surface area contributed by atoms with Gasteiger partial charge >= 0.3 is 0 Å². The van der Waals surface area contributed by atoms with Crippen molar-refractivity contribution in [2.24, 2.45) is 5.73 Å². The third-order valence-corrected chi connectivity index (χ3v) is 4.39. The number of nitrogens with zero attached hydrogens (tertiary/aromatic N) is 4. The highest BCUT2D eigenvalue weighted by molar-refractivity contribution is 5.83. The third-order valence-electron chi connectivity index (χ3n) is 4.39. The lowest BCUT2D eigenvalue weighted by Gasteiger charge is -2.34. The van der Waals surface area contributed by atoms with E-state index < -0.39 is 23.8 Å². The lowest BCUT2D eigenvalue weighted by molar-refractivity contribution is -0.129. The van der Waals surface area contributed by atoms with Crippen LogP contribution in [0, 0.1) is 11.6 Å². The Morgan fingerprint density at radius 3 is 2.76 bits per heavy atom. The number of aromatic nitrogens is 2. The second kappa shape index (κ2) is 6.55. The minimum Gasteiger partial charge on any atom is -0.347 e. The zero-order valence-electron chi connectivity index (χ0n) is 14.0. The maximum absolute atomic E-state index is 14.3. The van der Waals surface area contributed by atoms with Crippen molar-refractivity contribution in [3.63, 3.8) is 0 Å². The van der Waals surface area contributed by atoms with Gasteiger partial charge in [0.2, 0.25) is 11.9 Å². The van der Waals surface area contributed by atoms with Gasteiger partial charge in [0.15, 0.2) is 5.82 Å². The first kappa shape index (κ1) is 17.5. The van der Waals surface area contributed by atoms with Crippen LogP contribution in [0.3, 0.4) is 0 Å². The number of halogens is 3. The Balaban J connectivity index is 2.10. The topological polar surface area (TPSA) is 67.4 Å². The predicted molar refractivity (Wildman–Crippen MR) is 88.0 cm³/mol. The van der Waals surface area contributed by atoms with Crippen LogP contribution in [0.1, 0.15) is 6.42 Å². The van der Waals surface area contributed by atoms with Crippen LogP contribution >= 0.6 is 0 Å². The van der Waals surface area contributed by atoms with Gasteiger partial charge in [0.05, 0.1) is 11.6 Å². The molecule has 9 heteroatoms. The van der Waals surface area contributed by atoms with Crippen LogP contribution in [0.25, 0.3) is 11.0 Å². The summed E-state index contributed by atoms with van der Waals surface area (Å²) in [6.07, 6.45) is -0.908. The number of likely N-dealkylation sites (N-methyl/N-ethyl adjacent to an activating group) is 1. The fraction of sp³-hybridized carbons (Fsp3) is 0.500. The predicted octanol–water partition coefficient (Wildman–Crippen LogP) is 1.28. The van der Waals surface area contributed by atoms with E-state index in [-0.39, 0.29) is 42.4 Å². The molecular formula is C16H20F3N5O. The number of carbonyl (C=O) groups is 1. The van der Waals surface area contributed by atoms with Crippen LogP contribution < -0.4 is 10.6 Å². The molecule has 2 atom stereocenters. The average Bonchev–Trinajstić information content (AvgIpc) is 2.88. The molecule has 1 saturated heterocycles. The van der Waals surface area contributed by atoms with Gasteiger partial charge in [-0.3, -0.25) is 9.36 Å². The molecule has 0 radical (unpaired) electrons. The number of hydrogen-bond donors (Lipinski definition) is 1. The third kappa shape index (κ3) is 3.28. The van der Waals surface area contributed by atoms with Crippen LogP contribution in [0.4, 0.5) is 19.1 Å². The number of anilines is 1. The van der Waals surface area contributed by atoms with Crippen molar-refractivity contribution in [3.05, 3.63) is 23.8 Å². The summed E-state index contributed by atoms with van der Waals surface area (Å²) in [6, 6.07) is 1.16. The second-order valence-corrected chi connectivity index (χ2v) is 6.46. The summed E-state index contributed by atoms with van der Waals surface area (Å²) in [7, 11) is 3.17.